The maximum atomic E-state index is 12.9. The molecule has 1 N–H and O–H groups in total. The number of rotatable bonds is 7. The Labute approximate surface area is 150 Å². The molecule has 132 valence electrons. The first-order valence-corrected chi connectivity index (χ1v) is 8.94. The zero-order valence-corrected chi connectivity index (χ0v) is 14.9. The normalized spacial score (nSPS) is 11.6. The molecule has 0 aliphatic carbocycles. The summed E-state index contributed by atoms with van der Waals surface area (Å²) in [5.41, 5.74) is 1.21. The van der Waals surface area contributed by atoms with Crippen molar-refractivity contribution in [2.75, 3.05) is 5.75 Å². The van der Waals surface area contributed by atoms with E-state index in [-0.39, 0.29) is 12.4 Å². The lowest BCUT2D eigenvalue weighted by Gasteiger charge is -2.15. The number of carbonyl (C=O) groups is 2. The molecule has 0 saturated heterocycles. The zero-order valence-electron chi connectivity index (χ0n) is 14.1. The number of amides is 1. The second-order valence-corrected chi connectivity index (χ2v) is 6.63. The van der Waals surface area contributed by atoms with Crippen molar-refractivity contribution in [3.05, 3.63) is 65.5 Å². The maximum Gasteiger partial charge on any atom is 0.340 e. The average molecular weight is 361 g/mol. The number of nitrogens with one attached hydrogen (secondary N) is 1. The van der Waals surface area contributed by atoms with Crippen molar-refractivity contribution in [1.82, 2.24) is 5.32 Å². The van der Waals surface area contributed by atoms with Gasteiger partial charge in [-0.25, -0.2) is 9.18 Å². The summed E-state index contributed by atoms with van der Waals surface area (Å²) in [7, 11) is 0. The Morgan fingerprint density at radius 3 is 2.52 bits per heavy atom. The van der Waals surface area contributed by atoms with Crippen molar-refractivity contribution >= 4 is 23.6 Å². The van der Waals surface area contributed by atoms with E-state index in [4.69, 9.17) is 4.74 Å². The van der Waals surface area contributed by atoms with Crippen LogP contribution in [0.25, 0.3) is 0 Å². The minimum Gasteiger partial charge on any atom is -0.449 e. The molecule has 2 rings (SSSR count). The molecule has 4 nitrogen and oxygen atoms in total. The lowest BCUT2D eigenvalue weighted by molar-refractivity contribution is -0.129. The number of thioether (sulfide) groups is 1. The molecule has 0 spiro atoms. The van der Waals surface area contributed by atoms with Gasteiger partial charge in [-0.05, 0) is 42.5 Å². The van der Waals surface area contributed by atoms with Gasteiger partial charge < -0.3 is 10.1 Å². The van der Waals surface area contributed by atoms with Crippen LogP contribution in [0.15, 0.2) is 53.4 Å². The van der Waals surface area contributed by atoms with E-state index in [1.807, 2.05) is 19.1 Å². The van der Waals surface area contributed by atoms with Gasteiger partial charge in [0, 0.05) is 11.4 Å². The summed E-state index contributed by atoms with van der Waals surface area (Å²) in [6, 6.07) is 13.0. The van der Waals surface area contributed by atoms with Crippen molar-refractivity contribution in [3.8, 4) is 0 Å². The number of ether oxygens (including phenoxy) is 1. The fourth-order valence-corrected chi connectivity index (χ4v) is 2.92. The number of esters is 1. The van der Waals surface area contributed by atoms with Crippen LogP contribution in [-0.2, 0) is 16.1 Å². The molecule has 6 heteroatoms. The van der Waals surface area contributed by atoms with E-state index in [1.54, 1.807) is 36.0 Å². The molecule has 0 saturated carbocycles. The highest BCUT2D eigenvalue weighted by Crippen LogP contribution is 2.23. The lowest BCUT2D eigenvalue weighted by Crippen LogP contribution is -2.35. The SMILES string of the molecule is CCSc1ccccc1C(=O)O[C@@H](C)C(=O)NCc1ccc(F)cc1. The maximum absolute atomic E-state index is 12.9. The largest absolute Gasteiger partial charge is 0.449 e. The van der Waals surface area contributed by atoms with Crippen LogP contribution in [0.1, 0.15) is 29.8 Å². The van der Waals surface area contributed by atoms with Gasteiger partial charge in [0.25, 0.3) is 5.91 Å². The predicted octanol–water partition coefficient (Wildman–Crippen LogP) is 3.80. The van der Waals surface area contributed by atoms with Crippen molar-refractivity contribution < 1.29 is 18.7 Å². The Hall–Kier alpha value is -2.34. The molecule has 0 heterocycles. The van der Waals surface area contributed by atoms with E-state index in [0.29, 0.717) is 5.56 Å². The molecular weight excluding hydrogens is 341 g/mol. The summed E-state index contributed by atoms with van der Waals surface area (Å²) in [5, 5.41) is 2.67. The topological polar surface area (TPSA) is 55.4 Å². The third kappa shape index (κ3) is 5.60. The highest BCUT2D eigenvalue weighted by molar-refractivity contribution is 7.99. The first-order valence-electron chi connectivity index (χ1n) is 7.96. The van der Waals surface area contributed by atoms with Crippen molar-refractivity contribution in [2.45, 2.75) is 31.4 Å². The lowest BCUT2D eigenvalue weighted by atomic mass is 10.2. The van der Waals surface area contributed by atoms with Gasteiger partial charge in [0.2, 0.25) is 0 Å². The fraction of sp³-hybridized carbons (Fsp3) is 0.263. The third-order valence-corrected chi connectivity index (χ3v) is 4.40. The van der Waals surface area contributed by atoms with E-state index in [9.17, 15) is 14.0 Å². The average Bonchev–Trinajstić information content (AvgIpc) is 2.61. The van der Waals surface area contributed by atoms with Gasteiger partial charge in [-0.2, -0.15) is 0 Å². The fourth-order valence-electron chi connectivity index (χ4n) is 2.13. The number of benzene rings is 2. The first-order chi connectivity index (χ1) is 12.0. The van der Waals surface area contributed by atoms with Crippen molar-refractivity contribution in [2.24, 2.45) is 0 Å². The van der Waals surface area contributed by atoms with Crippen LogP contribution in [0.5, 0.6) is 0 Å². The zero-order chi connectivity index (χ0) is 18.2. The third-order valence-electron chi connectivity index (χ3n) is 3.44. The Balaban J connectivity index is 1.92. The van der Waals surface area contributed by atoms with E-state index in [1.165, 1.54) is 19.1 Å². The van der Waals surface area contributed by atoms with Gasteiger partial charge in [0.1, 0.15) is 5.82 Å². The highest BCUT2D eigenvalue weighted by Gasteiger charge is 2.20. The Morgan fingerprint density at radius 1 is 1.16 bits per heavy atom. The number of hydrogen-bond acceptors (Lipinski definition) is 4. The summed E-state index contributed by atoms with van der Waals surface area (Å²) in [5.74, 6) is -0.432. The van der Waals surface area contributed by atoms with Gasteiger partial charge in [0.05, 0.1) is 5.56 Å². The van der Waals surface area contributed by atoms with Crippen LogP contribution in [0.2, 0.25) is 0 Å². The quantitative estimate of drug-likeness (QED) is 0.602. The van der Waals surface area contributed by atoms with Crippen LogP contribution in [-0.4, -0.2) is 23.7 Å². The number of carbonyl (C=O) groups excluding carboxylic acids is 2. The summed E-state index contributed by atoms with van der Waals surface area (Å²) < 4.78 is 18.1. The van der Waals surface area contributed by atoms with Gasteiger partial charge in [-0.3, -0.25) is 4.79 Å². The van der Waals surface area contributed by atoms with Gasteiger partial charge >= 0.3 is 5.97 Å². The van der Waals surface area contributed by atoms with Gasteiger partial charge in [-0.15, -0.1) is 11.8 Å². The highest BCUT2D eigenvalue weighted by atomic mass is 32.2. The molecule has 1 amide bonds. The number of halogens is 1. The summed E-state index contributed by atoms with van der Waals surface area (Å²) in [6.45, 7) is 3.76. The van der Waals surface area contributed by atoms with E-state index >= 15 is 0 Å². The van der Waals surface area contributed by atoms with Crippen LogP contribution >= 0.6 is 11.8 Å². The molecular formula is C19H20FNO3S. The Morgan fingerprint density at radius 2 is 1.84 bits per heavy atom. The van der Waals surface area contributed by atoms with Crippen LogP contribution in [0.4, 0.5) is 4.39 Å². The minimum absolute atomic E-state index is 0.239. The molecule has 1 atom stereocenters. The first kappa shape index (κ1) is 19.0. The summed E-state index contributed by atoms with van der Waals surface area (Å²) in [6.07, 6.45) is -0.923. The molecule has 0 aliphatic rings. The molecule has 0 unspecified atom stereocenters. The molecule has 0 aliphatic heterocycles. The monoisotopic (exact) mass is 361 g/mol. The van der Waals surface area contributed by atoms with Crippen molar-refractivity contribution in [1.29, 1.82) is 0 Å². The van der Waals surface area contributed by atoms with Gasteiger partial charge in [-0.1, -0.05) is 31.2 Å². The van der Waals surface area contributed by atoms with Gasteiger partial charge in [0.15, 0.2) is 6.10 Å². The van der Waals surface area contributed by atoms with Crippen LogP contribution < -0.4 is 5.32 Å². The summed E-state index contributed by atoms with van der Waals surface area (Å²) >= 11 is 1.54. The molecule has 0 bridgehead atoms. The Kier molecular flexibility index (Phi) is 7.01. The summed E-state index contributed by atoms with van der Waals surface area (Å²) in [4.78, 5) is 25.2. The Bertz CT molecular complexity index is 734. The molecule has 25 heavy (non-hydrogen) atoms. The van der Waals surface area contributed by atoms with Crippen LogP contribution in [0.3, 0.4) is 0 Å². The smallest absolute Gasteiger partial charge is 0.340 e. The molecule has 0 radical (unpaired) electrons. The number of hydrogen-bond donors (Lipinski definition) is 1. The molecule has 2 aromatic rings. The molecule has 0 fully saturated rings. The van der Waals surface area contributed by atoms with E-state index < -0.39 is 18.0 Å². The van der Waals surface area contributed by atoms with Crippen molar-refractivity contribution in [3.63, 3.8) is 0 Å². The van der Waals surface area contributed by atoms with E-state index in [0.717, 1.165) is 16.2 Å². The van der Waals surface area contributed by atoms with Crippen LogP contribution in [0, 0.1) is 5.82 Å². The standard InChI is InChI=1S/C19H20FNO3S/c1-3-25-17-7-5-4-6-16(17)19(23)24-13(2)18(22)21-12-14-8-10-15(20)11-9-14/h4-11,13H,3,12H2,1-2H3,(H,21,22)/t13-/m0/s1. The predicted molar refractivity (Wildman–Crippen MR) is 96.0 cm³/mol. The molecule has 0 aromatic heterocycles. The van der Waals surface area contributed by atoms with E-state index in [2.05, 4.69) is 5.32 Å². The minimum atomic E-state index is -0.923. The molecule has 2 aromatic carbocycles. The second-order valence-electron chi connectivity index (χ2n) is 5.32. The second kappa shape index (κ2) is 9.22.